The Kier molecular flexibility index (Phi) is 9.22. The van der Waals surface area contributed by atoms with Crippen LogP contribution < -0.4 is 16.4 Å². The van der Waals surface area contributed by atoms with Crippen LogP contribution in [-0.2, 0) is 25.6 Å². The summed E-state index contributed by atoms with van der Waals surface area (Å²) in [6.45, 7) is 5.39. The zero-order valence-corrected chi connectivity index (χ0v) is 19.3. The normalized spacial score (nSPS) is 19.3. The highest BCUT2D eigenvalue weighted by atomic mass is 16.4. The molecule has 0 bridgehead atoms. The first-order chi connectivity index (χ1) is 15.5. The molecule has 5 atom stereocenters. The molecule has 10 nitrogen and oxygen atoms in total. The quantitative estimate of drug-likeness (QED) is 0.335. The Morgan fingerprint density at radius 2 is 1.79 bits per heavy atom. The molecule has 0 aromatic heterocycles. The molecule has 3 amide bonds. The van der Waals surface area contributed by atoms with E-state index in [2.05, 4.69) is 10.6 Å². The molecular formula is C23H34N4O6. The Bertz CT molecular complexity index is 859. The molecular weight excluding hydrogens is 428 g/mol. The van der Waals surface area contributed by atoms with E-state index in [-0.39, 0.29) is 24.0 Å². The Labute approximate surface area is 193 Å². The van der Waals surface area contributed by atoms with E-state index in [1.165, 1.54) is 24.0 Å². The van der Waals surface area contributed by atoms with E-state index in [1.807, 2.05) is 6.92 Å². The minimum absolute atomic E-state index is 0.118. The molecule has 6 N–H and O–H groups in total. The first-order valence-corrected chi connectivity index (χ1v) is 11.2. The molecule has 182 valence electrons. The number of nitrogens with two attached hydrogens (primary N) is 1. The standard InChI is InChI=1S/C23H34N4O6/c1-4-13(2)19(21(30)25-14(3)23(32)33)26-20(29)18-6-5-11-27(18)22(31)17(24)12-15-7-9-16(28)10-8-15/h7-10,13-14,17-19,28H,4-6,11-12,24H2,1-3H3,(H,25,30)(H,26,29)(H,32,33). The van der Waals surface area contributed by atoms with Crippen LogP contribution >= 0.6 is 0 Å². The summed E-state index contributed by atoms with van der Waals surface area (Å²) in [5.41, 5.74) is 6.91. The number of phenols is 1. The van der Waals surface area contributed by atoms with Crippen LogP contribution in [0.3, 0.4) is 0 Å². The van der Waals surface area contributed by atoms with Crippen molar-refractivity contribution in [2.45, 2.75) is 70.6 Å². The fraction of sp³-hybridized carbons (Fsp3) is 0.565. The number of amides is 3. The minimum atomic E-state index is -1.17. The molecule has 2 rings (SSSR count). The second-order valence-electron chi connectivity index (χ2n) is 8.61. The molecule has 1 aromatic carbocycles. The van der Waals surface area contributed by atoms with Crippen molar-refractivity contribution in [1.29, 1.82) is 0 Å². The maximum atomic E-state index is 13.1. The van der Waals surface area contributed by atoms with Gasteiger partial charge in [0.05, 0.1) is 6.04 Å². The van der Waals surface area contributed by atoms with Gasteiger partial charge in [0, 0.05) is 6.54 Å². The molecule has 33 heavy (non-hydrogen) atoms. The van der Waals surface area contributed by atoms with Crippen LogP contribution in [0.1, 0.15) is 45.6 Å². The predicted molar refractivity (Wildman–Crippen MR) is 121 cm³/mol. The summed E-state index contributed by atoms with van der Waals surface area (Å²) in [5, 5.41) is 23.6. The second kappa shape index (κ2) is 11.6. The van der Waals surface area contributed by atoms with Crippen molar-refractivity contribution >= 4 is 23.7 Å². The van der Waals surface area contributed by atoms with E-state index in [4.69, 9.17) is 10.8 Å². The summed E-state index contributed by atoms with van der Waals surface area (Å²) in [6, 6.07) is 2.78. The maximum absolute atomic E-state index is 13.1. The van der Waals surface area contributed by atoms with Crippen LogP contribution in [0.2, 0.25) is 0 Å². The summed E-state index contributed by atoms with van der Waals surface area (Å²) in [6.07, 6.45) is 1.93. The number of aliphatic carboxylic acids is 1. The van der Waals surface area contributed by atoms with Crippen LogP contribution in [0.15, 0.2) is 24.3 Å². The highest BCUT2D eigenvalue weighted by molar-refractivity contribution is 5.94. The molecule has 1 aliphatic rings. The average Bonchev–Trinajstić information content (AvgIpc) is 3.27. The molecule has 1 saturated heterocycles. The maximum Gasteiger partial charge on any atom is 0.325 e. The number of carbonyl (C=O) groups excluding carboxylic acids is 3. The van der Waals surface area contributed by atoms with Crippen molar-refractivity contribution < 1.29 is 29.4 Å². The van der Waals surface area contributed by atoms with Gasteiger partial charge in [0.25, 0.3) is 0 Å². The van der Waals surface area contributed by atoms with Gasteiger partial charge < -0.3 is 31.5 Å². The van der Waals surface area contributed by atoms with Gasteiger partial charge in [0.2, 0.25) is 17.7 Å². The number of carboxylic acid groups (broad SMARTS) is 1. The molecule has 1 aliphatic heterocycles. The SMILES string of the molecule is CCC(C)C(NC(=O)C1CCCN1C(=O)C(N)Cc1ccc(O)cc1)C(=O)NC(C)C(=O)O. The topological polar surface area (TPSA) is 162 Å². The lowest BCUT2D eigenvalue weighted by Crippen LogP contribution is -2.58. The second-order valence-corrected chi connectivity index (χ2v) is 8.61. The van der Waals surface area contributed by atoms with Gasteiger partial charge in [-0.05, 0) is 49.8 Å². The van der Waals surface area contributed by atoms with E-state index in [0.29, 0.717) is 25.8 Å². The van der Waals surface area contributed by atoms with Crippen molar-refractivity contribution in [2.24, 2.45) is 11.7 Å². The summed E-state index contributed by atoms with van der Waals surface area (Å²) in [7, 11) is 0. The minimum Gasteiger partial charge on any atom is -0.508 e. The smallest absolute Gasteiger partial charge is 0.325 e. The van der Waals surface area contributed by atoms with E-state index in [9.17, 15) is 24.3 Å². The van der Waals surface area contributed by atoms with Gasteiger partial charge in [0.1, 0.15) is 23.9 Å². The first-order valence-electron chi connectivity index (χ1n) is 11.2. The molecule has 1 heterocycles. The zero-order chi connectivity index (χ0) is 24.7. The van der Waals surface area contributed by atoms with Gasteiger partial charge in [-0.2, -0.15) is 0 Å². The number of hydrogen-bond acceptors (Lipinski definition) is 6. The van der Waals surface area contributed by atoms with Crippen molar-refractivity contribution in [3.8, 4) is 5.75 Å². The molecule has 0 aliphatic carbocycles. The van der Waals surface area contributed by atoms with Crippen molar-refractivity contribution in [3.63, 3.8) is 0 Å². The average molecular weight is 463 g/mol. The third-order valence-corrected chi connectivity index (χ3v) is 6.07. The largest absolute Gasteiger partial charge is 0.508 e. The Hall–Kier alpha value is -3.14. The van der Waals surface area contributed by atoms with E-state index >= 15 is 0 Å². The van der Waals surface area contributed by atoms with Gasteiger partial charge in [-0.1, -0.05) is 32.4 Å². The van der Waals surface area contributed by atoms with Crippen LogP contribution in [0.5, 0.6) is 5.75 Å². The summed E-state index contributed by atoms with van der Waals surface area (Å²) < 4.78 is 0. The van der Waals surface area contributed by atoms with Gasteiger partial charge in [0.15, 0.2) is 0 Å². The predicted octanol–water partition coefficient (Wildman–Crippen LogP) is 0.373. The zero-order valence-electron chi connectivity index (χ0n) is 19.3. The Balaban J connectivity index is 2.07. The number of aromatic hydroxyl groups is 1. The molecule has 0 radical (unpaired) electrons. The van der Waals surface area contributed by atoms with Crippen LogP contribution in [0, 0.1) is 5.92 Å². The third kappa shape index (κ3) is 6.92. The highest BCUT2D eigenvalue weighted by Gasteiger charge is 2.38. The number of hydrogen-bond donors (Lipinski definition) is 5. The summed E-state index contributed by atoms with van der Waals surface area (Å²) in [4.78, 5) is 51.2. The third-order valence-electron chi connectivity index (χ3n) is 6.07. The van der Waals surface area contributed by atoms with E-state index in [1.54, 1.807) is 19.1 Å². The number of carboxylic acids is 1. The highest BCUT2D eigenvalue weighted by Crippen LogP contribution is 2.21. The van der Waals surface area contributed by atoms with Crippen LogP contribution in [-0.4, -0.2) is 69.5 Å². The van der Waals surface area contributed by atoms with E-state index in [0.717, 1.165) is 5.56 Å². The lowest BCUT2D eigenvalue weighted by molar-refractivity contribution is -0.143. The lowest BCUT2D eigenvalue weighted by Gasteiger charge is -2.30. The number of carbonyl (C=O) groups is 4. The number of benzene rings is 1. The lowest BCUT2D eigenvalue weighted by atomic mass is 9.97. The van der Waals surface area contributed by atoms with Gasteiger partial charge in [-0.3, -0.25) is 19.2 Å². The van der Waals surface area contributed by atoms with Crippen molar-refractivity contribution in [3.05, 3.63) is 29.8 Å². The Morgan fingerprint density at radius 3 is 2.36 bits per heavy atom. The monoisotopic (exact) mass is 462 g/mol. The molecule has 1 aromatic rings. The van der Waals surface area contributed by atoms with Crippen LogP contribution in [0.4, 0.5) is 0 Å². The van der Waals surface area contributed by atoms with Gasteiger partial charge in [-0.25, -0.2) is 0 Å². The number of likely N-dealkylation sites (tertiary alicyclic amines) is 1. The number of phenolic OH excluding ortho intramolecular Hbond substituents is 1. The van der Waals surface area contributed by atoms with Crippen molar-refractivity contribution in [1.82, 2.24) is 15.5 Å². The molecule has 10 heteroatoms. The summed E-state index contributed by atoms with van der Waals surface area (Å²) >= 11 is 0. The molecule has 5 unspecified atom stereocenters. The fourth-order valence-corrected chi connectivity index (χ4v) is 3.81. The molecule has 0 spiro atoms. The first kappa shape index (κ1) is 26.1. The fourth-order valence-electron chi connectivity index (χ4n) is 3.81. The molecule has 0 saturated carbocycles. The number of nitrogens with zero attached hydrogens (tertiary/aromatic N) is 1. The van der Waals surface area contributed by atoms with Crippen LogP contribution in [0.25, 0.3) is 0 Å². The Morgan fingerprint density at radius 1 is 1.15 bits per heavy atom. The summed E-state index contributed by atoms with van der Waals surface area (Å²) in [5.74, 6) is -2.68. The number of nitrogens with one attached hydrogen (secondary N) is 2. The van der Waals surface area contributed by atoms with Gasteiger partial charge >= 0.3 is 5.97 Å². The molecule has 1 fully saturated rings. The van der Waals surface area contributed by atoms with E-state index < -0.39 is 42.0 Å². The number of rotatable bonds is 10. The van der Waals surface area contributed by atoms with Gasteiger partial charge in [-0.15, -0.1) is 0 Å². The van der Waals surface area contributed by atoms with Crippen molar-refractivity contribution in [2.75, 3.05) is 6.54 Å².